The van der Waals surface area contributed by atoms with Gasteiger partial charge in [-0.15, -0.1) is 0 Å². The Bertz CT molecular complexity index is 221. The van der Waals surface area contributed by atoms with E-state index in [4.69, 9.17) is 5.26 Å². The van der Waals surface area contributed by atoms with Gasteiger partial charge in [-0.2, -0.15) is 10.4 Å². The summed E-state index contributed by atoms with van der Waals surface area (Å²) in [4.78, 5) is 0. The third-order valence-corrected chi connectivity index (χ3v) is 0.918. The minimum atomic E-state index is 0.528. The summed E-state index contributed by atoms with van der Waals surface area (Å²) < 4.78 is 1.29. The Hall–Kier alpha value is -0.950. The van der Waals surface area contributed by atoms with Crippen LogP contribution in [-0.4, -0.2) is 9.19 Å². The van der Waals surface area contributed by atoms with Gasteiger partial charge in [-0.25, -0.2) is 4.09 Å². The minimum Gasteiger partial charge on any atom is -0.216 e. The van der Waals surface area contributed by atoms with Gasteiger partial charge in [0.15, 0.2) is 0 Å². The van der Waals surface area contributed by atoms with Crippen LogP contribution in [0.2, 0.25) is 0 Å². The summed E-state index contributed by atoms with van der Waals surface area (Å²) in [5.74, 6) is 0. The van der Waals surface area contributed by atoms with E-state index in [0.717, 1.165) is 0 Å². The normalized spacial score (nSPS) is 8.50. The first-order valence-electron chi connectivity index (χ1n) is 1.97. The molecule has 0 bridgehead atoms. The standard InChI is InChI=1S/C4H3N3S/c5-1-4-2-6-7(8)3-4/h2-3,8H. The molecule has 0 saturated heterocycles. The van der Waals surface area contributed by atoms with Crippen LogP contribution in [0.15, 0.2) is 12.4 Å². The van der Waals surface area contributed by atoms with Gasteiger partial charge in [0.05, 0.1) is 18.0 Å². The third-order valence-electron chi connectivity index (χ3n) is 0.699. The molecule has 1 aromatic heterocycles. The lowest BCUT2D eigenvalue weighted by Gasteiger charge is -1.75. The van der Waals surface area contributed by atoms with Gasteiger partial charge in [-0.3, -0.25) is 0 Å². The summed E-state index contributed by atoms with van der Waals surface area (Å²) in [6.45, 7) is 0. The van der Waals surface area contributed by atoms with Crippen molar-refractivity contribution in [1.82, 2.24) is 9.19 Å². The number of aromatic nitrogens is 2. The van der Waals surface area contributed by atoms with Crippen LogP contribution < -0.4 is 0 Å². The maximum atomic E-state index is 8.21. The van der Waals surface area contributed by atoms with Gasteiger partial charge in [0, 0.05) is 0 Å². The number of hydrogen-bond acceptors (Lipinski definition) is 3. The molecule has 4 heteroatoms. The monoisotopic (exact) mass is 125 g/mol. The largest absolute Gasteiger partial charge is 0.216 e. The quantitative estimate of drug-likeness (QED) is 0.511. The van der Waals surface area contributed by atoms with Crippen LogP contribution in [0, 0.1) is 11.3 Å². The molecule has 0 aromatic carbocycles. The van der Waals surface area contributed by atoms with E-state index in [2.05, 4.69) is 17.9 Å². The molecule has 3 nitrogen and oxygen atoms in total. The Morgan fingerprint density at radius 3 is 2.88 bits per heavy atom. The number of hydrogen-bond donors (Lipinski definition) is 1. The highest BCUT2D eigenvalue weighted by atomic mass is 32.1. The fourth-order valence-corrected chi connectivity index (χ4v) is 0.546. The molecule has 0 amide bonds. The molecule has 0 aliphatic heterocycles. The SMILES string of the molecule is N#Cc1cnn(S)c1. The van der Waals surface area contributed by atoms with E-state index < -0.39 is 0 Å². The zero-order valence-electron chi connectivity index (χ0n) is 3.94. The van der Waals surface area contributed by atoms with Crippen molar-refractivity contribution in [1.29, 1.82) is 5.26 Å². The predicted molar refractivity (Wildman–Crippen MR) is 31.3 cm³/mol. The lowest BCUT2D eigenvalue weighted by molar-refractivity contribution is 1.02. The average molecular weight is 125 g/mol. The van der Waals surface area contributed by atoms with Crippen LogP contribution >= 0.6 is 12.8 Å². The van der Waals surface area contributed by atoms with Crippen molar-refractivity contribution in [2.24, 2.45) is 0 Å². The van der Waals surface area contributed by atoms with Crippen molar-refractivity contribution in [2.45, 2.75) is 0 Å². The minimum absolute atomic E-state index is 0.528. The Morgan fingerprint density at radius 2 is 2.62 bits per heavy atom. The lowest BCUT2D eigenvalue weighted by atomic mass is 10.4. The molecule has 0 unspecified atom stereocenters. The first-order valence-corrected chi connectivity index (χ1v) is 2.37. The first kappa shape index (κ1) is 5.19. The van der Waals surface area contributed by atoms with Gasteiger partial charge < -0.3 is 0 Å². The van der Waals surface area contributed by atoms with Crippen LogP contribution in [0.3, 0.4) is 0 Å². The summed E-state index contributed by atoms with van der Waals surface area (Å²) in [5, 5.41) is 11.9. The zero-order chi connectivity index (χ0) is 5.98. The van der Waals surface area contributed by atoms with Crippen LogP contribution in [-0.2, 0) is 0 Å². The van der Waals surface area contributed by atoms with Crippen molar-refractivity contribution >= 4 is 12.8 Å². The van der Waals surface area contributed by atoms with Crippen molar-refractivity contribution in [2.75, 3.05) is 0 Å². The smallest absolute Gasteiger partial charge is 0.102 e. The van der Waals surface area contributed by atoms with Gasteiger partial charge in [0.25, 0.3) is 0 Å². The van der Waals surface area contributed by atoms with E-state index in [-0.39, 0.29) is 0 Å². The highest BCUT2D eigenvalue weighted by molar-refractivity contribution is 7.78. The maximum Gasteiger partial charge on any atom is 0.102 e. The van der Waals surface area contributed by atoms with Crippen LogP contribution in [0.5, 0.6) is 0 Å². The van der Waals surface area contributed by atoms with Gasteiger partial charge in [0.2, 0.25) is 0 Å². The molecule has 40 valence electrons. The number of nitriles is 1. The fourth-order valence-electron chi connectivity index (χ4n) is 0.370. The molecule has 0 atom stereocenters. The molecule has 0 spiro atoms. The Labute approximate surface area is 52.1 Å². The van der Waals surface area contributed by atoms with Crippen molar-refractivity contribution in [3.05, 3.63) is 18.0 Å². The van der Waals surface area contributed by atoms with Crippen LogP contribution in [0.25, 0.3) is 0 Å². The molecule has 0 aliphatic carbocycles. The van der Waals surface area contributed by atoms with Crippen molar-refractivity contribution < 1.29 is 0 Å². The molecule has 8 heavy (non-hydrogen) atoms. The van der Waals surface area contributed by atoms with E-state index in [9.17, 15) is 0 Å². The highest BCUT2D eigenvalue weighted by Gasteiger charge is 1.89. The number of nitrogens with zero attached hydrogens (tertiary/aromatic N) is 3. The summed E-state index contributed by atoms with van der Waals surface area (Å²) >= 11 is 3.81. The van der Waals surface area contributed by atoms with E-state index in [0.29, 0.717) is 5.56 Å². The van der Waals surface area contributed by atoms with Gasteiger partial charge in [-0.05, 0) is 12.8 Å². The van der Waals surface area contributed by atoms with E-state index in [1.165, 1.54) is 16.5 Å². The highest BCUT2D eigenvalue weighted by Crippen LogP contribution is 1.93. The molecular formula is C4H3N3S. The van der Waals surface area contributed by atoms with Crippen LogP contribution in [0.1, 0.15) is 5.56 Å². The summed E-state index contributed by atoms with van der Waals surface area (Å²) in [6, 6.07) is 1.92. The zero-order valence-corrected chi connectivity index (χ0v) is 4.84. The third kappa shape index (κ3) is 0.820. The van der Waals surface area contributed by atoms with E-state index in [1.54, 1.807) is 0 Å². The molecule has 1 heterocycles. The number of thiol groups is 1. The molecule has 1 aromatic rings. The maximum absolute atomic E-state index is 8.21. The Balaban J connectivity index is 3.05. The van der Waals surface area contributed by atoms with Gasteiger partial charge >= 0.3 is 0 Å². The Kier molecular flexibility index (Phi) is 1.22. The second-order valence-electron chi connectivity index (χ2n) is 1.26. The van der Waals surface area contributed by atoms with Crippen LogP contribution in [0.4, 0.5) is 0 Å². The second kappa shape index (κ2) is 1.88. The number of rotatable bonds is 0. The predicted octanol–water partition coefficient (Wildman–Crippen LogP) is 0.448. The average Bonchev–Trinajstić information content (AvgIpc) is 2.14. The summed E-state index contributed by atoms with van der Waals surface area (Å²) in [6.07, 6.45) is 2.98. The molecule has 0 radical (unpaired) electrons. The lowest BCUT2D eigenvalue weighted by Crippen LogP contribution is -1.74. The molecule has 1 rings (SSSR count). The first-order chi connectivity index (χ1) is 3.83. The molecule has 0 saturated carbocycles. The molecular weight excluding hydrogens is 122 g/mol. The molecule has 0 N–H and O–H groups in total. The Morgan fingerprint density at radius 1 is 1.88 bits per heavy atom. The molecule has 0 fully saturated rings. The summed E-state index contributed by atoms with van der Waals surface area (Å²) in [7, 11) is 0. The topological polar surface area (TPSA) is 41.6 Å². The van der Waals surface area contributed by atoms with Gasteiger partial charge in [-0.1, -0.05) is 0 Å². The van der Waals surface area contributed by atoms with E-state index in [1.807, 2.05) is 6.07 Å². The molecule has 0 aliphatic rings. The summed E-state index contributed by atoms with van der Waals surface area (Å²) in [5.41, 5.74) is 0.528. The van der Waals surface area contributed by atoms with Crippen molar-refractivity contribution in [3.8, 4) is 6.07 Å². The fraction of sp³-hybridized carbons (Fsp3) is 0. The van der Waals surface area contributed by atoms with Gasteiger partial charge in [0.1, 0.15) is 6.07 Å². The van der Waals surface area contributed by atoms with E-state index >= 15 is 0 Å². The second-order valence-corrected chi connectivity index (χ2v) is 1.67. The van der Waals surface area contributed by atoms with Crippen molar-refractivity contribution in [3.63, 3.8) is 0 Å².